The van der Waals surface area contributed by atoms with Gasteiger partial charge >= 0.3 is 0 Å². The van der Waals surface area contributed by atoms with Gasteiger partial charge in [-0.15, -0.1) is 10.2 Å². The third kappa shape index (κ3) is 1.90. The Hall–Kier alpha value is -0.970. The summed E-state index contributed by atoms with van der Waals surface area (Å²) in [6, 6.07) is 0.273. The highest BCUT2D eigenvalue weighted by Crippen LogP contribution is 2.59. The lowest BCUT2D eigenvalue weighted by Crippen LogP contribution is -2.49. The van der Waals surface area contributed by atoms with Crippen molar-refractivity contribution < 1.29 is 0 Å². The Labute approximate surface area is 120 Å². The molecule has 0 aliphatic heterocycles. The van der Waals surface area contributed by atoms with Crippen LogP contribution in [0.15, 0.2) is 0 Å². The quantitative estimate of drug-likeness (QED) is 0.912. The van der Waals surface area contributed by atoms with E-state index in [1.165, 1.54) is 38.5 Å². The molecule has 4 bridgehead atoms. The minimum atomic E-state index is 0.270. The molecule has 5 nitrogen and oxygen atoms in total. The maximum atomic E-state index is 4.77. The smallest absolute Gasteiger partial charge is 0.180 e. The van der Waals surface area contributed by atoms with Crippen molar-refractivity contribution >= 4 is 0 Å². The molecule has 4 aliphatic rings. The summed E-state index contributed by atoms with van der Waals surface area (Å²) in [5.41, 5.74) is 0.270. The molecule has 4 saturated carbocycles. The Balaban J connectivity index is 1.61. The minimum Gasteiger partial charge on any atom is -0.318 e. The summed E-state index contributed by atoms with van der Waals surface area (Å²) in [6.07, 6.45) is 8.32. The molecule has 0 radical (unpaired) electrons. The number of hydrogen-bond donors (Lipinski definition) is 1. The average molecular weight is 275 g/mol. The summed E-state index contributed by atoms with van der Waals surface area (Å²) < 4.78 is 0. The van der Waals surface area contributed by atoms with E-state index in [1.54, 1.807) is 0 Å². The van der Waals surface area contributed by atoms with Crippen molar-refractivity contribution in [2.24, 2.45) is 17.8 Å². The van der Waals surface area contributed by atoms with Crippen LogP contribution in [0.2, 0.25) is 0 Å². The first-order valence-corrected chi connectivity index (χ1v) is 8.13. The van der Waals surface area contributed by atoms with Gasteiger partial charge < -0.3 is 5.32 Å². The van der Waals surface area contributed by atoms with Gasteiger partial charge in [-0.25, -0.2) is 0 Å². The fraction of sp³-hybridized carbons (Fsp3) is 0.933. The average Bonchev–Trinajstić information content (AvgIpc) is 2.87. The Kier molecular flexibility index (Phi) is 2.88. The number of nitrogens with zero attached hydrogens (tertiary/aromatic N) is 4. The molecule has 1 unspecified atom stereocenters. The highest BCUT2D eigenvalue weighted by atomic mass is 15.6. The zero-order chi connectivity index (χ0) is 13.7. The van der Waals surface area contributed by atoms with Gasteiger partial charge in [0.2, 0.25) is 0 Å². The number of nitrogens with one attached hydrogen (secondary N) is 1. The number of aromatic nitrogens is 4. The zero-order valence-corrected chi connectivity index (χ0v) is 12.5. The third-order valence-electron chi connectivity index (χ3n) is 5.83. The van der Waals surface area contributed by atoms with E-state index in [0.29, 0.717) is 0 Å². The molecule has 4 aliphatic carbocycles. The molecule has 1 aromatic heterocycles. The molecule has 5 heteroatoms. The van der Waals surface area contributed by atoms with E-state index < -0.39 is 0 Å². The van der Waals surface area contributed by atoms with Crippen LogP contribution in [0.25, 0.3) is 0 Å². The number of likely N-dealkylation sites (N-methyl/N-ethyl adjacent to an activating group) is 1. The van der Waals surface area contributed by atoms with Crippen LogP contribution in [0.5, 0.6) is 0 Å². The fourth-order valence-electron chi connectivity index (χ4n) is 5.39. The van der Waals surface area contributed by atoms with Crippen molar-refractivity contribution in [2.75, 3.05) is 13.6 Å². The van der Waals surface area contributed by atoms with Gasteiger partial charge in [0.25, 0.3) is 0 Å². The van der Waals surface area contributed by atoms with Gasteiger partial charge in [-0.3, -0.25) is 0 Å². The molecule has 0 saturated heterocycles. The first kappa shape index (κ1) is 12.7. The molecule has 0 spiro atoms. The van der Waals surface area contributed by atoms with Gasteiger partial charge in [0.05, 0.1) is 6.04 Å². The predicted molar refractivity (Wildman–Crippen MR) is 76.3 cm³/mol. The maximum absolute atomic E-state index is 4.77. The second-order valence-corrected chi connectivity index (χ2v) is 7.54. The summed E-state index contributed by atoms with van der Waals surface area (Å²) in [5.74, 6) is 3.84. The maximum Gasteiger partial charge on any atom is 0.180 e. The molecule has 1 heterocycles. The number of hydrogen-bond acceptors (Lipinski definition) is 4. The molecule has 4 fully saturated rings. The first-order chi connectivity index (χ1) is 9.68. The summed E-state index contributed by atoms with van der Waals surface area (Å²) in [7, 11) is 1.97. The van der Waals surface area contributed by atoms with E-state index in [4.69, 9.17) is 5.10 Å². The van der Waals surface area contributed by atoms with Gasteiger partial charge in [0, 0.05) is 12.0 Å². The Bertz CT molecular complexity index is 459. The molecule has 1 aromatic rings. The van der Waals surface area contributed by atoms with Crippen molar-refractivity contribution in [1.82, 2.24) is 25.5 Å². The van der Waals surface area contributed by atoms with Gasteiger partial charge in [0.1, 0.15) is 0 Å². The second-order valence-electron chi connectivity index (χ2n) is 7.54. The molecule has 0 aromatic carbocycles. The lowest BCUT2D eigenvalue weighted by molar-refractivity contribution is -0.00957. The fourth-order valence-corrected chi connectivity index (χ4v) is 5.39. The molecule has 110 valence electrons. The molecule has 20 heavy (non-hydrogen) atoms. The lowest BCUT2D eigenvalue weighted by Gasteiger charge is -2.55. The van der Waals surface area contributed by atoms with Crippen LogP contribution in [0.1, 0.15) is 57.3 Å². The van der Waals surface area contributed by atoms with E-state index in [9.17, 15) is 0 Å². The predicted octanol–water partition coefficient (Wildman–Crippen LogP) is 1.92. The summed E-state index contributed by atoms with van der Waals surface area (Å²) in [5, 5.41) is 16.7. The minimum absolute atomic E-state index is 0.270. The van der Waals surface area contributed by atoms with E-state index in [2.05, 4.69) is 22.6 Å². The molecule has 0 amide bonds. The molecule has 5 rings (SSSR count). The van der Waals surface area contributed by atoms with Crippen LogP contribution in [0, 0.1) is 17.8 Å². The van der Waals surface area contributed by atoms with Crippen molar-refractivity contribution in [3.63, 3.8) is 0 Å². The topological polar surface area (TPSA) is 55.6 Å². The Morgan fingerprint density at radius 1 is 1.20 bits per heavy atom. The van der Waals surface area contributed by atoms with Crippen molar-refractivity contribution in [3.8, 4) is 0 Å². The van der Waals surface area contributed by atoms with Crippen molar-refractivity contribution in [1.29, 1.82) is 0 Å². The van der Waals surface area contributed by atoms with Crippen molar-refractivity contribution in [2.45, 2.75) is 56.9 Å². The Morgan fingerprint density at radius 3 is 2.35 bits per heavy atom. The standard InChI is InChI=1S/C15H25N5/c1-10(9-16-2)20-18-14(17-19-20)15-6-11-3-12(7-15)5-13(4-11)8-15/h10-13,16H,3-9H2,1-2H3. The van der Waals surface area contributed by atoms with Crippen LogP contribution in [0.3, 0.4) is 0 Å². The van der Waals surface area contributed by atoms with Gasteiger partial charge in [0.15, 0.2) is 5.82 Å². The van der Waals surface area contributed by atoms with Crippen LogP contribution in [-0.2, 0) is 5.41 Å². The molecule has 1 atom stereocenters. The summed E-state index contributed by atoms with van der Waals surface area (Å²) in [4.78, 5) is 1.81. The monoisotopic (exact) mass is 275 g/mol. The highest BCUT2D eigenvalue weighted by molar-refractivity contribution is 5.15. The first-order valence-electron chi connectivity index (χ1n) is 8.13. The number of tetrazole rings is 1. The van der Waals surface area contributed by atoms with Crippen LogP contribution >= 0.6 is 0 Å². The van der Waals surface area contributed by atoms with Crippen LogP contribution in [0.4, 0.5) is 0 Å². The number of rotatable bonds is 4. The van der Waals surface area contributed by atoms with Gasteiger partial charge in [-0.05, 0) is 75.5 Å². The van der Waals surface area contributed by atoms with E-state index in [1.807, 2.05) is 11.8 Å². The van der Waals surface area contributed by atoms with Crippen LogP contribution < -0.4 is 5.32 Å². The third-order valence-corrected chi connectivity index (χ3v) is 5.83. The molecule has 1 N–H and O–H groups in total. The zero-order valence-electron chi connectivity index (χ0n) is 12.5. The largest absolute Gasteiger partial charge is 0.318 e. The van der Waals surface area contributed by atoms with Crippen LogP contribution in [-0.4, -0.2) is 33.8 Å². The van der Waals surface area contributed by atoms with E-state index in [-0.39, 0.29) is 11.5 Å². The van der Waals surface area contributed by atoms with E-state index in [0.717, 1.165) is 30.1 Å². The second kappa shape index (κ2) is 4.52. The Morgan fingerprint density at radius 2 is 1.80 bits per heavy atom. The highest BCUT2D eigenvalue weighted by Gasteiger charge is 2.53. The lowest BCUT2D eigenvalue weighted by atomic mass is 9.49. The van der Waals surface area contributed by atoms with E-state index >= 15 is 0 Å². The van der Waals surface area contributed by atoms with Gasteiger partial charge in [-0.1, -0.05) is 0 Å². The summed E-state index contributed by atoms with van der Waals surface area (Å²) >= 11 is 0. The normalized spacial score (nSPS) is 40.2. The van der Waals surface area contributed by atoms with Crippen molar-refractivity contribution in [3.05, 3.63) is 5.82 Å². The van der Waals surface area contributed by atoms with Gasteiger partial charge in [-0.2, -0.15) is 4.80 Å². The SMILES string of the molecule is CNCC(C)n1nnc(C23CC4CC(CC(C4)C2)C3)n1. The molecular weight excluding hydrogens is 250 g/mol. The molecular formula is C15H25N5. The summed E-state index contributed by atoms with van der Waals surface area (Å²) in [6.45, 7) is 3.03.